The first kappa shape index (κ1) is 18.3. The van der Waals surface area contributed by atoms with Gasteiger partial charge in [-0.2, -0.15) is 0 Å². The number of nitrogens with zero attached hydrogens (tertiary/aromatic N) is 2. The summed E-state index contributed by atoms with van der Waals surface area (Å²) in [5.74, 6) is 3.56. The Labute approximate surface area is 160 Å². The summed E-state index contributed by atoms with van der Waals surface area (Å²) in [6, 6.07) is 6.73. The van der Waals surface area contributed by atoms with Crippen molar-refractivity contribution in [2.45, 2.75) is 65.7 Å². The van der Waals surface area contributed by atoms with Crippen LogP contribution in [0.5, 0.6) is 0 Å². The van der Waals surface area contributed by atoms with Crippen molar-refractivity contribution in [2.75, 3.05) is 31.1 Å². The minimum atomic E-state index is 0.481. The van der Waals surface area contributed by atoms with Crippen LogP contribution in [0.1, 0.15) is 71.4 Å². The van der Waals surface area contributed by atoms with Gasteiger partial charge in [-0.15, -0.1) is 0 Å². The van der Waals surface area contributed by atoms with Crippen molar-refractivity contribution in [3.8, 4) is 0 Å². The van der Waals surface area contributed by atoms with Crippen LogP contribution in [0.25, 0.3) is 0 Å². The molecule has 1 aromatic rings. The number of aromatic nitrogens is 1. The molecule has 1 N–H and O–H groups in total. The van der Waals surface area contributed by atoms with Crippen LogP contribution in [-0.2, 0) is 0 Å². The zero-order valence-electron chi connectivity index (χ0n) is 17.2. The Morgan fingerprint density at radius 1 is 0.962 bits per heavy atom. The first-order valence-electron chi connectivity index (χ1n) is 10.8. The fourth-order valence-electron chi connectivity index (χ4n) is 5.99. The Morgan fingerprint density at radius 2 is 1.65 bits per heavy atom. The molecule has 3 fully saturated rings. The highest BCUT2D eigenvalue weighted by molar-refractivity contribution is 5.40. The topological polar surface area (TPSA) is 28.2 Å². The first-order valence-corrected chi connectivity index (χ1v) is 10.8. The SMILES string of the molecule is CC1(C)CCC(C)(C)C2CC(c3cccc(N4CCNCC4)n3)CCC21. The molecule has 0 radical (unpaired) electrons. The predicted molar refractivity (Wildman–Crippen MR) is 110 cm³/mol. The van der Waals surface area contributed by atoms with Gasteiger partial charge in [0, 0.05) is 37.8 Å². The molecule has 2 aliphatic carbocycles. The van der Waals surface area contributed by atoms with E-state index in [1.165, 1.54) is 43.6 Å². The van der Waals surface area contributed by atoms with Crippen LogP contribution in [-0.4, -0.2) is 31.2 Å². The van der Waals surface area contributed by atoms with Gasteiger partial charge in [-0.25, -0.2) is 4.98 Å². The Hall–Kier alpha value is -1.09. The van der Waals surface area contributed by atoms with Crippen molar-refractivity contribution in [2.24, 2.45) is 22.7 Å². The fraction of sp³-hybridized carbons (Fsp3) is 0.783. The second-order valence-electron chi connectivity index (χ2n) is 10.4. The van der Waals surface area contributed by atoms with E-state index in [0.29, 0.717) is 16.7 Å². The number of hydrogen-bond donors (Lipinski definition) is 1. The lowest BCUT2D eigenvalue weighted by molar-refractivity contribution is -0.0501. The highest BCUT2D eigenvalue weighted by Gasteiger charge is 2.50. The van der Waals surface area contributed by atoms with E-state index in [2.05, 4.69) is 56.1 Å². The molecule has 3 nitrogen and oxygen atoms in total. The van der Waals surface area contributed by atoms with Gasteiger partial charge in [0.15, 0.2) is 0 Å². The van der Waals surface area contributed by atoms with Gasteiger partial charge in [-0.1, -0.05) is 33.8 Å². The summed E-state index contributed by atoms with van der Waals surface area (Å²) >= 11 is 0. The standard InChI is InChI=1S/C23H37N3/c1-22(2)10-11-23(3,4)19-16-17(8-9-18(19)22)20-6-5-7-21(25-20)26-14-12-24-13-15-26/h5-7,17-19,24H,8-16H2,1-4H3. The summed E-state index contributed by atoms with van der Waals surface area (Å²) in [4.78, 5) is 7.58. The average molecular weight is 356 g/mol. The van der Waals surface area contributed by atoms with Gasteiger partial charge in [-0.3, -0.25) is 0 Å². The maximum Gasteiger partial charge on any atom is 0.128 e. The van der Waals surface area contributed by atoms with Gasteiger partial charge in [0.2, 0.25) is 0 Å². The molecule has 1 aromatic heterocycles. The molecule has 144 valence electrons. The summed E-state index contributed by atoms with van der Waals surface area (Å²) in [5.41, 5.74) is 2.34. The van der Waals surface area contributed by atoms with Gasteiger partial charge in [-0.05, 0) is 66.9 Å². The molecule has 2 heterocycles. The molecule has 4 rings (SSSR count). The van der Waals surface area contributed by atoms with Crippen LogP contribution in [0.4, 0.5) is 5.82 Å². The van der Waals surface area contributed by atoms with Gasteiger partial charge >= 0.3 is 0 Å². The second kappa shape index (κ2) is 6.82. The van der Waals surface area contributed by atoms with E-state index >= 15 is 0 Å². The van der Waals surface area contributed by atoms with E-state index in [9.17, 15) is 0 Å². The molecule has 26 heavy (non-hydrogen) atoms. The third kappa shape index (κ3) is 3.40. The summed E-state index contributed by atoms with van der Waals surface area (Å²) in [6.07, 6.45) is 6.80. The lowest BCUT2D eigenvalue weighted by Crippen LogP contribution is -2.47. The number of anilines is 1. The first-order chi connectivity index (χ1) is 12.4. The smallest absolute Gasteiger partial charge is 0.128 e. The van der Waals surface area contributed by atoms with E-state index < -0.39 is 0 Å². The number of piperazine rings is 1. The predicted octanol–water partition coefficient (Wildman–Crippen LogP) is 4.84. The fourth-order valence-corrected chi connectivity index (χ4v) is 5.99. The number of fused-ring (bicyclic) bond motifs is 1. The van der Waals surface area contributed by atoms with Gasteiger partial charge in [0.25, 0.3) is 0 Å². The molecule has 0 spiro atoms. The van der Waals surface area contributed by atoms with E-state index in [-0.39, 0.29) is 0 Å². The Balaban J connectivity index is 1.54. The lowest BCUT2D eigenvalue weighted by Gasteiger charge is -2.56. The summed E-state index contributed by atoms with van der Waals surface area (Å²) in [5, 5.41) is 3.44. The normalized spacial score (nSPS) is 33.5. The van der Waals surface area contributed by atoms with Crippen LogP contribution in [0.2, 0.25) is 0 Å². The van der Waals surface area contributed by atoms with E-state index in [1.54, 1.807) is 0 Å². The summed E-state index contributed by atoms with van der Waals surface area (Å²) in [7, 11) is 0. The van der Waals surface area contributed by atoms with Crippen LogP contribution < -0.4 is 10.2 Å². The summed E-state index contributed by atoms with van der Waals surface area (Å²) in [6.45, 7) is 14.4. The van der Waals surface area contributed by atoms with Crippen molar-refractivity contribution in [1.29, 1.82) is 0 Å². The van der Waals surface area contributed by atoms with Crippen molar-refractivity contribution in [3.05, 3.63) is 23.9 Å². The van der Waals surface area contributed by atoms with Gasteiger partial charge < -0.3 is 10.2 Å². The minimum absolute atomic E-state index is 0.481. The molecule has 3 aliphatic rings. The highest BCUT2D eigenvalue weighted by atomic mass is 15.2. The second-order valence-corrected chi connectivity index (χ2v) is 10.4. The van der Waals surface area contributed by atoms with Crippen LogP contribution >= 0.6 is 0 Å². The van der Waals surface area contributed by atoms with Crippen LogP contribution in [0.3, 0.4) is 0 Å². The zero-order chi connectivity index (χ0) is 18.4. The van der Waals surface area contributed by atoms with E-state index in [4.69, 9.17) is 4.98 Å². The highest BCUT2D eigenvalue weighted by Crippen LogP contribution is 2.59. The molecular formula is C23H37N3. The molecule has 3 heteroatoms. The van der Waals surface area contributed by atoms with Gasteiger partial charge in [0.1, 0.15) is 5.82 Å². The molecule has 0 bridgehead atoms. The maximum absolute atomic E-state index is 5.14. The molecule has 3 unspecified atom stereocenters. The number of nitrogens with one attached hydrogen (secondary N) is 1. The Kier molecular flexibility index (Phi) is 4.79. The van der Waals surface area contributed by atoms with E-state index in [1.807, 2.05) is 0 Å². The zero-order valence-corrected chi connectivity index (χ0v) is 17.2. The van der Waals surface area contributed by atoms with Crippen molar-refractivity contribution in [1.82, 2.24) is 10.3 Å². The molecule has 0 aromatic carbocycles. The van der Waals surface area contributed by atoms with E-state index in [0.717, 1.165) is 38.0 Å². The quantitative estimate of drug-likeness (QED) is 0.823. The molecular weight excluding hydrogens is 318 g/mol. The summed E-state index contributed by atoms with van der Waals surface area (Å²) < 4.78 is 0. The number of hydrogen-bond acceptors (Lipinski definition) is 3. The molecule has 0 amide bonds. The molecule has 1 aliphatic heterocycles. The molecule has 2 saturated carbocycles. The molecule has 3 atom stereocenters. The average Bonchev–Trinajstić information content (AvgIpc) is 2.66. The molecule has 1 saturated heterocycles. The Bertz CT molecular complexity index is 630. The largest absolute Gasteiger partial charge is 0.354 e. The van der Waals surface area contributed by atoms with Crippen LogP contribution in [0, 0.1) is 22.7 Å². The van der Waals surface area contributed by atoms with Crippen LogP contribution in [0.15, 0.2) is 18.2 Å². The lowest BCUT2D eigenvalue weighted by atomic mass is 9.49. The third-order valence-electron chi connectivity index (χ3n) is 7.89. The van der Waals surface area contributed by atoms with Crippen molar-refractivity contribution in [3.63, 3.8) is 0 Å². The van der Waals surface area contributed by atoms with Gasteiger partial charge in [0.05, 0.1) is 0 Å². The minimum Gasteiger partial charge on any atom is -0.354 e. The third-order valence-corrected chi connectivity index (χ3v) is 7.89. The number of rotatable bonds is 2. The van der Waals surface area contributed by atoms with Crippen molar-refractivity contribution >= 4 is 5.82 Å². The van der Waals surface area contributed by atoms with Crippen molar-refractivity contribution < 1.29 is 0 Å². The monoisotopic (exact) mass is 355 g/mol. The Morgan fingerprint density at radius 3 is 2.38 bits per heavy atom. The number of pyridine rings is 1. The maximum atomic E-state index is 5.14.